The van der Waals surface area contributed by atoms with Gasteiger partial charge in [-0.2, -0.15) is 5.06 Å². The summed E-state index contributed by atoms with van der Waals surface area (Å²) < 4.78 is 0. The SMILES string of the molecule is CC1(C)CCC(O)CCC(C)(C)N1O. The average molecular weight is 201 g/mol. The Labute approximate surface area is 86.7 Å². The van der Waals surface area contributed by atoms with Crippen LogP contribution in [0.3, 0.4) is 0 Å². The second-order valence-electron chi connectivity index (χ2n) is 5.67. The minimum atomic E-state index is -0.245. The highest BCUT2D eigenvalue weighted by molar-refractivity contribution is 4.90. The Hall–Kier alpha value is -0.120. The predicted molar refractivity (Wildman–Crippen MR) is 56.3 cm³/mol. The maximum absolute atomic E-state index is 10.1. The fraction of sp³-hybridized carbons (Fsp3) is 1.00. The molecule has 3 nitrogen and oxygen atoms in total. The molecule has 0 aromatic rings. The molecular formula is C11H23NO2. The van der Waals surface area contributed by atoms with E-state index in [0.29, 0.717) is 0 Å². The standard InChI is InChI=1S/C11H23NO2/c1-10(2)7-5-9(13)6-8-11(3,4)12(10)14/h9,13-14H,5-8H2,1-4H3. The molecule has 1 aliphatic rings. The molecule has 0 bridgehead atoms. The number of nitrogens with zero attached hydrogens (tertiary/aromatic N) is 1. The Kier molecular flexibility index (Phi) is 3.24. The van der Waals surface area contributed by atoms with Crippen molar-refractivity contribution in [3.05, 3.63) is 0 Å². The van der Waals surface area contributed by atoms with Crippen LogP contribution in [0.5, 0.6) is 0 Å². The van der Waals surface area contributed by atoms with E-state index in [2.05, 4.69) is 0 Å². The zero-order valence-electron chi connectivity index (χ0n) is 9.75. The molecule has 0 aliphatic carbocycles. The maximum Gasteiger partial charge on any atom is 0.0541 e. The van der Waals surface area contributed by atoms with Gasteiger partial charge in [-0.3, -0.25) is 0 Å². The van der Waals surface area contributed by atoms with Crippen molar-refractivity contribution in [3.8, 4) is 0 Å². The normalized spacial score (nSPS) is 29.6. The lowest BCUT2D eigenvalue weighted by molar-refractivity contribution is -0.233. The fourth-order valence-corrected chi connectivity index (χ4v) is 2.22. The third-order valence-electron chi connectivity index (χ3n) is 3.33. The molecule has 14 heavy (non-hydrogen) atoms. The minimum Gasteiger partial charge on any atom is -0.393 e. The van der Waals surface area contributed by atoms with Crippen LogP contribution in [0, 0.1) is 0 Å². The van der Waals surface area contributed by atoms with Crippen molar-refractivity contribution in [1.29, 1.82) is 0 Å². The molecule has 2 N–H and O–H groups in total. The molecule has 0 radical (unpaired) electrons. The van der Waals surface area contributed by atoms with Gasteiger partial charge in [-0.1, -0.05) is 0 Å². The lowest BCUT2D eigenvalue weighted by Crippen LogP contribution is -2.55. The number of hydrogen-bond acceptors (Lipinski definition) is 3. The van der Waals surface area contributed by atoms with Crippen LogP contribution in [0.2, 0.25) is 0 Å². The van der Waals surface area contributed by atoms with Crippen LogP contribution < -0.4 is 0 Å². The molecule has 0 saturated carbocycles. The van der Waals surface area contributed by atoms with Crippen LogP contribution >= 0.6 is 0 Å². The van der Waals surface area contributed by atoms with Crippen molar-refractivity contribution in [2.45, 2.75) is 70.6 Å². The first-order chi connectivity index (χ1) is 6.26. The topological polar surface area (TPSA) is 43.7 Å². The number of hydroxylamine groups is 2. The summed E-state index contributed by atoms with van der Waals surface area (Å²) in [6, 6.07) is 0. The van der Waals surface area contributed by atoms with Crippen molar-refractivity contribution in [2.24, 2.45) is 0 Å². The van der Waals surface area contributed by atoms with Crippen LogP contribution in [0.25, 0.3) is 0 Å². The summed E-state index contributed by atoms with van der Waals surface area (Å²) in [6.07, 6.45) is 3.00. The van der Waals surface area contributed by atoms with E-state index in [4.69, 9.17) is 0 Å². The van der Waals surface area contributed by atoms with Crippen LogP contribution in [0.15, 0.2) is 0 Å². The van der Waals surface area contributed by atoms with Crippen LogP contribution in [-0.2, 0) is 0 Å². The summed E-state index contributed by atoms with van der Waals surface area (Å²) in [6.45, 7) is 8.08. The Morgan fingerprint density at radius 1 is 1.00 bits per heavy atom. The van der Waals surface area contributed by atoms with Crippen molar-refractivity contribution >= 4 is 0 Å². The highest BCUT2D eigenvalue weighted by Crippen LogP contribution is 2.33. The molecule has 0 unspecified atom stereocenters. The van der Waals surface area contributed by atoms with E-state index in [1.807, 2.05) is 27.7 Å². The maximum atomic E-state index is 10.1. The Bertz CT molecular complexity index is 181. The zero-order valence-corrected chi connectivity index (χ0v) is 9.75. The smallest absolute Gasteiger partial charge is 0.0541 e. The number of aliphatic hydroxyl groups is 1. The molecule has 0 aromatic carbocycles. The second-order valence-corrected chi connectivity index (χ2v) is 5.67. The summed E-state index contributed by atoms with van der Waals surface area (Å²) >= 11 is 0. The number of rotatable bonds is 0. The van der Waals surface area contributed by atoms with E-state index in [1.165, 1.54) is 5.06 Å². The first-order valence-electron chi connectivity index (χ1n) is 5.43. The molecule has 0 amide bonds. The lowest BCUT2D eigenvalue weighted by Gasteiger charge is -2.46. The van der Waals surface area contributed by atoms with Crippen LogP contribution in [-0.4, -0.2) is 32.6 Å². The zero-order chi connectivity index (χ0) is 11.0. The average Bonchev–Trinajstić information content (AvgIpc) is 2.09. The number of hydrogen-bond donors (Lipinski definition) is 2. The highest BCUT2D eigenvalue weighted by Gasteiger charge is 2.38. The van der Waals surface area contributed by atoms with Gasteiger partial charge in [-0.15, -0.1) is 0 Å². The van der Waals surface area contributed by atoms with Gasteiger partial charge >= 0.3 is 0 Å². The quantitative estimate of drug-likeness (QED) is 0.631. The molecule has 1 saturated heterocycles. The van der Waals surface area contributed by atoms with Crippen molar-refractivity contribution in [1.82, 2.24) is 5.06 Å². The van der Waals surface area contributed by atoms with Gasteiger partial charge in [0.05, 0.1) is 6.10 Å². The predicted octanol–water partition coefficient (Wildman–Crippen LogP) is 2.17. The molecule has 1 heterocycles. The minimum absolute atomic E-state index is 0.206. The van der Waals surface area contributed by atoms with E-state index in [1.54, 1.807) is 0 Å². The van der Waals surface area contributed by atoms with E-state index in [9.17, 15) is 10.3 Å². The van der Waals surface area contributed by atoms with E-state index < -0.39 is 0 Å². The van der Waals surface area contributed by atoms with E-state index >= 15 is 0 Å². The van der Waals surface area contributed by atoms with Gasteiger partial charge in [-0.25, -0.2) is 0 Å². The summed E-state index contributed by atoms with van der Waals surface area (Å²) in [5, 5.41) is 21.2. The van der Waals surface area contributed by atoms with Crippen molar-refractivity contribution in [2.75, 3.05) is 0 Å². The molecule has 0 atom stereocenters. The van der Waals surface area contributed by atoms with Gasteiger partial charge in [-0.05, 0) is 53.4 Å². The Morgan fingerprint density at radius 3 is 1.71 bits per heavy atom. The molecule has 3 heteroatoms. The second kappa shape index (κ2) is 3.80. The molecule has 0 aromatic heterocycles. The Morgan fingerprint density at radius 2 is 1.36 bits per heavy atom. The monoisotopic (exact) mass is 201 g/mol. The summed E-state index contributed by atoms with van der Waals surface area (Å²) in [4.78, 5) is 0. The van der Waals surface area contributed by atoms with Crippen molar-refractivity contribution in [3.63, 3.8) is 0 Å². The van der Waals surface area contributed by atoms with Gasteiger partial charge in [0, 0.05) is 11.1 Å². The summed E-state index contributed by atoms with van der Waals surface area (Å²) in [7, 11) is 0. The summed E-state index contributed by atoms with van der Waals surface area (Å²) in [5.74, 6) is 0. The third-order valence-corrected chi connectivity index (χ3v) is 3.33. The molecule has 1 fully saturated rings. The summed E-state index contributed by atoms with van der Waals surface area (Å²) in [5.41, 5.74) is -0.490. The van der Waals surface area contributed by atoms with Gasteiger partial charge in [0.25, 0.3) is 0 Å². The van der Waals surface area contributed by atoms with Crippen LogP contribution in [0.1, 0.15) is 53.4 Å². The van der Waals surface area contributed by atoms with Crippen molar-refractivity contribution < 1.29 is 10.3 Å². The van der Waals surface area contributed by atoms with Crippen LogP contribution in [0.4, 0.5) is 0 Å². The fourth-order valence-electron chi connectivity index (χ4n) is 2.22. The molecule has 1 rings (SSSR count). The lowest BCUT2D eigenvalue weighted by atomic mass is 9.84. The van der Waals surface area contributed by atoms with Gasteiger partial charge in [0.1, 0.15) is 0 Å². The van der Waals surface area contributed by atoms with Gasteiger partial charge in [0.15, 0.2) is 0 Å². The molecule has 1 aliphatic heterocycles. The molecule has 84 valence electrons. The van der Waals surface area contributed by atoms with E-state index in [-0.39, 0.29) is 17.2 Å². The molecular weight excluding hydrogens is 178 g/mol. The van der Waals surface area contributed by atoms with Gasteiger partial charge in [0.2, 0.25) is 0 Å². The molecule has 0 spiro atoms. The first kappa shape index (κ1) is 12.0. The highest BCUT2D eigenvalue weighted by atomic mass is 16.5. The number of aliphatic hydroxyl groups excluding tert-OH is 1. The van der Waals surface area contributed by atoms with E-state index in [0.717, 1.165) is 25.7 Å². The Balaban J connectivity index is 2.81. The first-order valence-corrected chi connectivity index (χ1v) is 5.43. The third kappa shape index (κ3) is 2.47. The largest absolute Gasteiger partial charge is 0.393 e. The van der Waals surface area contributed by atoms with Gasteiger partial charge < -0.3 is 10.3 Å².